The zero-order chi connectivity index (χ0) is 28.3. The first-order valence-electron chi connectivity index (χ1n) is 17.7. The molecule has 0 aromatic heterocycles. The van der Waals surface area contributed by atoms with Gasteiger partial charge >= 0.3 is 0 Å². The topological polar surface area (TPSA) is 64.5 Å². The summed E-state index contributed by atoms with van der Waals surface area (Å²) in [6.45, 7) is 3.45. The molecular formula is C37H58N2O2. The number of aliphatic hydroxyl groups is 2. The second kappa shape index (κ2) is 10.9. The largest absolute Gasteiger partial charge is 0.392 e. The van der Waals surface area contributed by atoms with Gasteiger partial charge in [0.05, 0.1) is 11.7 Å². The second-order valence-electron chi connectivity index (χ2n) is 16.5. The molecule has 5 aliphatic carbocycles. The quantitative estimate of drug-likeness (QED) is 0.255. The first kappa shape index (κ1) is 28.8. The van der Waals surface area contributed by atoms with Gasteiger partial charge < -0.3 is 20.8 Å². The zero-order valence-electron chi connectivity index (χ0n) is 26.1. The molecule has 4 N–H and O–H groups in total. The Morgan fingerprint density at radius 1 is 0.976 bits per heavy atom. The monoisotopic (exact) mass is 562 g/mol. The minimum absolute atomic E-state index is 0.0579. The van der Waals surface area contributed by atoms with Crippen molar-refractivity contribution in [2.45, 2.75) is 140 Å². The first-order valence-corrected chi connectivity index (χ1v) is 17.7. The molecule has 2 spiro atoms. The van der Waals surface area contributed by atoms with E-state index in [4.69, 9.17) is 0 Å². The highest BCUT2D eigenvalue weighted by atomic mass is 16.3. The van der Waals surface area contributed by atoms with Crippen LogP contribution in [0, 0.1) is 39.9 Å². The summed E-state index contributed by atoms with van der Waals surface area (Å²) in [5.74, 6) is 2.42. The van der Waals surface area contributed by atoms with Crippen molar-refractivity contribution in [3.05, 3.63) is 35.9 Å². The van der Waals surface area contributed by atoms with Crippen LogP contribution in [0.2, 0.25) is 0 Å². The zero-order valence-corrected chi connectivity index (χ0v) is 26.1. The van der Waals surface area contributed by atoms with Gasteiger partial charge in [-0.1, -0.05) is 69.4 Å². The molecule has 1 aromatic rings. The van der Waals surface area contributed by atoms with E-state index < -0.39 is 5.60 Å². The predicted molar refractivity (Wildman–Crippen MR) is 167 cm³/mol. The van der Waals surface area contributed by atoms with Crippen LogP contribution in [-0.4, -0.2) is 47.6 Å². The Bertz CT molecular complexity index is 1060. The second-order valence-corrected chi connectivity index (χ2v) is 16.5. The Morgan fingerprint density at radius 3 is 2.63 bits per heavy atom. The summed E-state index contributed by atoms with van der Waals surface area (Å²) < 4.78 is 0. The molecule has 4 nitrogen and oxygen atoms in total. The maximum atomic E-state index is 12.4. The molecule has 1 aliphatic heterocycles. The summed E-state index contributed by atoms with van der Waals surface area (Å²) in [6, 6.07) is 12.1. The predicted octanol–water partition coefficient (Wildman–Crippen LogP) is 6.63. The Hall–Kier alpha value is -0.940. The van der Waals surface area contributed by atoms with Crippen LogP contribution in [-0.2, 0) is 6.42 Å². The smallest absolute Gasteiger partial charge is 0.0687 e. The van der Waals surface area contributed by atoms with Crippen molar-refractivity contribution in [2.75, 3.05) is 13.6 Å². The third-order valence-electron chi connectivity index (χ3n) is 14.1. The number of unbranched alkanes of at least 4 members (excludes halogenated alkanes) is 3. The van der Waals surface area contributed by atoms with E-state index in [2.05, 4.69) is 54.9 Å². The van der Waals surface area contributed by atoms with E-state index in [0.717, 1.165) is 44.6 Å². The van der Waals surface area contributed by atoms with Crippen LogP contribution in [0.15, 0.2) is 30.3 Å². The van der Waals surface area contributed by atoms with E-state index in [-0.39, 0.29) is 22.3 Å². The fourth-order valence-corrected chi connectivity index (χ4v) is 12.7. The van der Waals surface area contributed by atoms with Gasteiger partial charge in [-0.25, -0.2) is 0 Å². The Kier molecular flexibility index (Phi) is 7.66. The third kappa shape index (κ3) is 4.68. The van der Waals surface area contributed by atoms with Gasteiger partial charge in [-0.3, -0.25) is 0 Å². The van der Waals surface area contributed by atoms with E-state index >= 15 is 0 Å². The SMILES string of the molecule is CNCC1CCC2CC34C(O)CC5(C)CCCC(O)(C5)C3CC43CC(CCCCCCc4ccccc4)CC3C2N1. The molecule has 1 saturated heterocycles. The van der Waals surface area contributed by atoms with Crippen molar-refractivity contribution in [3.8, 4) is 0 Å². The summed E-state index contributed by atoms with van der Waals surface area (Å²) >= 11 is 0. The lowest BCUT2D eigenvalue weighted by atomic mass is 9.31. The molecular weight excluding hydrogens is 504 g/mol. The molecule has 0 radical (unpaired) electrons. The van der Waals surface area contributed by atoms with Crippen molar-refractivity contribution in [2.24, 2.45) is 39.9 Å². The minimum Gasteiger partial charge on any atom is -0.392 e. The van der Waals surface area contributed by atoms with Crippen LogP contribution in [0.1, 0.15) is 115 Å². The molecule has 7 rings (SSSR count). The minimum atomic E-state index is -0.555. The van der Waals surface area contributed by atoms with E-state index in [1.807, 2.05) is 0 Å². The van der Waals surface area contributed by atoms with Crippen molar-refractivity contribution in [1.29, 1.82) is 0 Å². The van der Waals surface area contributed by atoms with E-state index in [1.54, 1.807) is 0 Å². The molecule has 11 atom stereocenters. The first-order chi connectivity index (χ1) is 19.8. The van der Waals surface area contributed by atoms with Crippen LogP contribution in [0.25, 0.3) is 0 Å². The van der Waals surface area contributed by atoms with Crippen LogP contribution in [0.4, 0.5) is 0 Å². The maximum absolute atomic E-state index is 12.4. The van der Waals surface area contributed by atoms with Crippen molar-refractivity contribution >= 4 is 0 Å². The molecule has 228 valence electrons. The summed E-state index contributed by atoms with van der Waals surface area (Å²) in [5.41, 5.74) is 1.20. The highest BCUT2D eigenvalue weighted by molar-refractivity contribution is 5.29. The number of rotatable bonds is 9. The molecule has 41 heavy (non-hydrogen) atoms. The van der Waals surface area contributed by atoms with E-state index in [1.165, 1.54) is 82.6 Å². The number of hydrogen-bond acceptors (Lipinski definition) is 4. The van der Waals surface area contributed by atoms with Crippen LogP contribution < -0.4 is 10.6 Å². The van der Waals surface area contributed by atoms with Crippen molar-refractivity contribution in [3.63, 3.8) is 0 Å². The lowest BCUT2D eigenvalue weighted by Gasteiger charge is -2.75. The molecule has 5 saturated carbocycles. The summed E-state index contributed by atoms with van der Waals surface area (Å²) in [4.78, 5) is 0. The number of aryl methyl sites for hydroxylation is 1. The van der Waals surface area contributed by atoms with Gasteiger partial charge in [0.2, 0.25) is 0 Å². The summed E-state index contributed by atoms with van der Waals surface area (Å²) in [6.07, 6.45) is 20.3. The average molecular weight is 563 g/mol. The van der Waals surface area contributed by atoms with E-state index in [9.17, 15) is 10.2 Å². The van der Waals surface area contributed by atoms with Crippen molar-refractivity contribution < 1.29 is 10.2 Å². The van der Waals surface area contributed by atoms with Gasteiger partial charge in [0, 0.05) is 24.0 Å². The molecule has 2 bridgehead atoms. The lowest BCUT2D eigenvalue weighted by molar-refractivity contribution is -0.305. The average Bonchev–Trinajstić information content (AvgIpc) is 3.33. The number of benzene rings is 1. The third-order valence-corrected chi connectivity index (χ3v) is 14.1. The normalized spacial score (nSPS) is 48.2. The van der Waals surface area contributed by atoms with Gasteiger partial charge in [0.15, 0.2) is 0 Å². The number of nitrogens with one attached hydrogen (secondary N) is 2. The Morgan fingerprint density at radius 2 is 1.80 bits per heavy atom. The van der Waals surface area contributed by atoms with Crippen molar-refractivity contribution in [1.82, 2.24) is 10.6 Å². The Balaban J connectivity index is 1.09. The number of fused-ring (bicyclic) bond motifs is 5. The standard InChI is InChI=1S/C37H58N2O2/c1-34-17-10-18-36(41,25-34)31-22-35-20-27(14-7-4-3-6-11-26-12-8-5-9-13-26)19-30(35)33-28(15-16-29(39-33)24-38-2)21-37(31,35)32(40)23-34/h5,8-9,12-13,27-33,38-41H,3-4,6-7,10-11,14-25H2,1-2H3. The van der Waals surface area contributed by atoms with Crippen LogP contribution >= 0.6 is 0 Å². The number of aliphatic hydroxyl groups excluding tert-OH is 1. The number of piperidine rings is 1. The fourth-order valence-electron chi connectivity index (χ4n) is 12.7. The van der Waals surface area contributed by atoms with Gasteiger partial charge in [-0.05, 0) is 124 Å². The van der Waals surface area contributed by atoms with E-state index in [0.29, 0.717) is 29.8 Å². The molecule has 0 amide bonds. The molecule has 6 aliphatic rings. The molecule has 1 aromatic carbocycles. The van der Waals surface area contributed by atoms with Gasteiger partial charge in [0.1, 0.15) is 0 Å². The molecule has 1 heterocycles. The fraction of sp³-hybridized carbons (Fsp3) is 0.838. The summed E-state index contributed by atoms with van der Waals surface area (Å²) in [7, 11) is 2.09. The maximum Gasteiger partial charge on any atom is 0.0687 e. The molecule has 6 fully saturated rings. The van der Waals surface area contributed by atoms with Crippen LogP contribution in [0.3, 0.4) is 0 Å². The highest BCUT2D eigenvalue weighted by Crippen LogP contribution is 2.82. The Labute approximate surface area is 249 Å². The molecule has 11 unspecified atom stereocenters. The molecule has 4 heteroatoms. The van der Waals surface area contributed by atoms with Gasteiger partial charge in [-0.2, -0.15) is 0 Å². The lowest BCUT2D eigenvalue weighted by Crippen LogP contribution is -2.76. The number of hydrogen-bond donors (Lipinski definition) is 4. The van der Waals surface area contributed by atoms with Gasteiger partial charge in [0.25, 0.3) is 0 Å². The summed E-state index contributed by atoms with van der Waals surface area (Å²) in [5, 5.41) is 32.4. The van der Waals surface area contributed by atoms with Crippen LogP contribution in [0.5, 0.6) is 0 Å². The van der Waals surface area contributed by atoms with Gasteiger partial charge in [-0.15, -0.1) is 0 Å². The highest BCUT2D eigenvalue weighted by Gasteiger charge is 2.80. The number of likely N-dealkylation sites (N-methyl/N-ethyl adjacent to an activating group) is 1.